The zero-order chi connectivity index (χ0) is 17.8. The maximum atomic E-state index is 9.47. The molecule has 0 bridgehead atoms. The van der Waals surface area contributed by atoms with E-state index in [9.17, 15) is 5.11 Å². The Labute approximate surface area is 158 Å². The van der Waals surface area contributed by atoms with Crippen LogP contribution in [0.25, 0.3) is 11.3 Å². The standard InChI is InChI=1S/C19H18BrN3OS/c1-3-21-19-23(22-13(2)14-7-9-17(24)10-8-14)18(12-25-19)15-5-4-6-16(20)11-15/h4-12,24H,3H2,1-2H3. The highest BCUT2D eigenvalue weighted by Crippen LogP contribution is 2.24. The molecule has 0 fully saturated rings. The Morgan fingerprint density at radius 2 is 1.96 bits per heavy atom. The second-order valence-electron chi connectivity index (χ2n) is 5.43. The van der Waals surface area contributed by atoms with Gasteiger partial charge in [0, 0.05) is 22.0 Å². The molecule has 25 heavy (non-hydrogen) atoms. The number of rotatable bonds is 4. The van der Waals surface area contributed by atoms with Gasteiger partial charge in [-0.05, 0) is 55.8 Å². The third-order valence-corrected chi connectivity index (χ3v) is 4.98. The molecule has 0 radical (unpaired) electrons. The molecule has 6 heteroatoms. The third-order valence-electron chi connectivity index (χ3n) is 3.63. The Balaban J connectivity index is 2.13. The summed E-state index contributed by atoms with van der Waals surface area (Å²) in [6.07, 6.45) is 0. The molecule has 0 aliphatic carbocycles. The molecular formula is C19H18BrN3OS. The molecule has 1 heterocycles. The second kappa shape index (κ2) is 7.80. The van der Waals surface area contributed by atoms with E-state index >= 15 is 0 Å². The van der Waals surface area contributed by atoms with Crippen molar-refractivity contribution in [3.05, 3.63) is 68.7 Å². The molecule has 3 rings (SSSR count). The van der Waals surface area contributed by atoms with Crippen LogP contribution in [0.3, 0.4) is 0 Å². The summed E-state index contributed by atoms with van der Waals surface area (Å²) in [7, 11) is 0. The first-order chi connectivity index (χ1) is 12.1. The number of aromatic hydroxyl groups is 1. The molecule has 0 saturated carbocycles. The molecule has 0 saturated heterocycles. The molecule has 3 aromatic rings. The Morgan fingerprint density at radius 3 is 2.64 bits per heavy atom. The maximum absolute atomic E-state index is 9.47. The molecule has 0 amide bonds. The summed E-state index contributed by atoms with van der Waals surface area (Å²) in [6, 6.07) is 15.2. The Bertz CT molecular complexity index is 971. The van der Waals surface area contributed by atoms with E-state index in [1.807, 2.05) is 42.8 Å². The van der Waals surface area contributed by atoms with E-state index in [1.165, 1.54) is 0 Å². The number of nitrogens with zero attached hydrogens (tertiary/aromatic N) is 3. The van der Waals surface area contributed by atoms with E-state index in [4.69, 9.17) is 5.10 Å². The normalized spacial score (nSPS) is 12.6. The summed E-state index contributed by atoms with van der Waals surface area (Å²) in [5.74, 6) is 0.247. The van der Waals surface area contributed by atoms with Gasteiger partial charge in [-0.3, -0.25) is 4.99 Å². The number of hydrogen-bond donors (Lipinski definition) is 1. The third kappa shape index (κ3) is 4.08. The van der Waals surface area contributed by atoms with E-state index in [0.29, 0.717) is 6.54 Å². The van der Waals surface area contributed by atoms with Gasteiger partial charge in [-0.1, -0.05) is 28.1 Å². The van der Waals surface area contributed by atoms with Crippen molar-refractivity contribution in [1.29, 1.82) is 0 Å². The summed E-state index contributed by atoms with van der Waals surface area (Å²) in [5.41, 5.74) is 3.88. The van der Waals surface area contributed by atoms with E-state index < -0.39 is 0 Å². The molecule has 2 aromatic carbocycles. The SMILES string of the molecule is CCN=c1scc(-c2cccc(Br)c2)n1N=C(C)c1ccc(O)cc1. The van der Waals surface area contributed by atoms with Crippen LogP contribution in [-0.4, -0.2) is 22.0 Å². The van der Waals surface area contributed by atoms with Crippen molar-refractivity contribution in [2.45, 2.75) is 13.8 Å². The van der Waals surface area contributed by atoms with Crippen LogP contribution in [0.15, 0.2) is 68.5 Å². The maximum Gasteiger partial charge on any atom is 0.206 e. The van der Waals surface area contributed by atoms with E-state index in [0.717, 1.165) is 31.8 Å². The lowest BCUT2D eigenvalue weighted by Gasteiger charge is -2.07. The molecule has 0 aliphatic rings. The lowest BCUT2D eigenvalue weighted by molar-refractivity contribution is 0.475. The first kappa shape index (κ1) is 17.6. The van der Waals surface area contributed by atoms with Crippen LogP contribution in [0.2, 0.25) is 0 Å². The number of aromatic nitrogens is 1. The van der Waals surface area contributed by atoms with Gasteiger partial charge in [0.15, 0.2) is 0 Å². The zero-order valence-corrected chi connectivity index (χ0v) is 16.4. The second-order valence-corrected chi connectivity index (χ2v) is 7.18. The molecule has 1 N–H and O–H groups in total. The first-order valence-electron chi connectivity index (χ1n) is 7.90. The van der Waals surface area contributed by atoms with Crippen molar-refractivity contribution in [2.24, 2.45) is 10.1 Å². The van der Waals surface area contributed by atoms with Crippen molar-refractivity contribution in [1.82, 2.24) is 4.68 Å². The van der Waals surface area contributed by atoms with Crippen LogP contribution < -0.4 is 4.80 Å². The number of halogens is 1. The predicted octanol–water partition coefficient (Wildman–Crippen LogP) is 4.88. The van der Waals surface area contributed by atoms with Gasteiger partial charge in [0.05, 0.1) is 11.4 Å². The fraction of sp³-hybridized carbons (Fsp3) is 0.158. The molecule has 4 nitrogen and oxygen atoms in total. The molecule has 128 valence electrons. The summed E-state index contributed by atoms with van der Waals surface area (Å²) in [6.45, 7) is 4.67. The van der Waals surface area contributed by atoms with Gasteiger partial charge in [0.1, 0.15) is 5.75 Å². The van der Waals surface area contributed by atoms with Gasteiger partial charge in [0.25, 0.3) is 0 Å². The van der Waals surface area contributed by atoms with Gasteiger partial charge in [0.2, 0.25) is 4.80 Å². The average Bonchev–Trinajstić information content (AvgIpc) is 2.98. The topological polar surface area (TPSA) is 49.9 Å². The summed E-state index contributed by atoms with van der Waals surface area (Å²) in [5, 5.41) is 16.3. The largest absolute Gasteiger partial charge is 0.508 e. The highest BCUT2D eigenvalue weighted by molar-refractivity contribution is 9.10. The quantitative estimate of drug-likeness (QED) is 0.606. The van der Waals surface area contributed by atoms with E-state index in [1.54, 1.807) is 23.5 Å². The molecule has 0 unspecified atom stereocenters. The summed E-state index contributed by atoms with van der Waals surface area (Å²) in [4.78, 5) is 5.42. The average molecular weight is 416 g/mol. The molecular weight excluding hydrogens is 398 g/mol. The number of thiazole rings is 1. The van der Waals surface area contributed by atoms with Crippen LogP contribution in [0.1, 0.15) is 19.4 Å². The van der Waals surface area contributed by atoms with E-state index in [2.05, 4.69) is 38.4 Å². The minimum absolute atomic E-state index is 0.247. The number of benzene rings is 2. The Kier molecular flexibility index (Phi) is 5.50. The summed E-state index contributed by atoms with van der Waals surface area (Å²) < 4.78 is 2.91. The number of hydrogen-bond acceptors (Lipinski definition) is 4. The number of phenols is 1. The van der Waals surface area contributed by atoms with Crippen molar-refractivity contribution < 1.29 is 5.11 Å². The van der Waals surface area contributed by atoms with Gasteiger partial charge in [-0.15, -0.1) is 11.3 Å². The van der Waals surface area contributed by atoms with Crippen LogP contribution in [-0.2, 0) is 0 Å². The van der Waals surface area contributed by atoms with E-state index in [-0.39, 0.29) is 5.75 Å². The molecule has 0 aliphatic heterocycles. The fourth-order valence-corrected chi connectivity index (χ4v) is 3.69. The molecule has 1 aromatic heterocycles. The van der Waals surface area contributed by atoms with Crippen LogP contribution >= 0.6 is 27.3 Å². The number of phenolic OH excluding ortho intramolecular Hbond substituents is 1. The van der Waals surface area contributed by atoms with Gasteiger partial charge in [-0.25, -0.2) is 4.68 Å². The summed E-state index contributed by atoms with van der Waals surface area (Å²) >= 11 is 5.10. The van der Waals surface area contributed by atoms with Crippen LogP contribution in [0, 0.1) is 0 Å². The Morgan fingerprint density at radius 1 is 1.20 bits per heavy atom. The van der Waals surface area contributed by atoms with Crippen LogP contribution in [0.4, 0.5) is 0 Å². The fourth-order valence-electron chi connectivity index (χ4n) is 2.40. The van der Waals surface area contributed by atoms with Gasteiger partial charge < -0.3 is 5.11 Å². The van der Waals surface area contributed by atoms with Crippen LogP contribution in [0.5, 0.6) is 5.75 Å². The van der Waals surface area contributed by atoms with Crippen molar-refractivity contribution in [3.63, 3.8) is 0 Å². The van der Waals surface area contributed by atoms with Crippen molar-refractivity contribution in [2.75, 3.05) is 6.54 Å². The lowest BCUT2D eigenvalue weighted by atomic mass is 10.1. The lowest BCUT2D eigenvalue weighted by Crippen LogP contribution is -2.14. The predicted molar refractivity (Wildman–Crippen MR) is 107 cm³/mol. The monoisotopic (exact) mass is 415 g/mol. The minimum atomic E-state index is 0.247. The van der Waals surface area contributed by atoms with Crippen molar-refractivity contribution in [3.8, 4) is 17.0 Å². The molecule has 0 spiro atoms. The molecule has 0 atom stereocenters. The highest BCUT2D eigenvalue weighted by atomic mass is 79.9. The highest BCUT2D eigenvalue weighted by Gasteiger charge is 2.09. The van der Waals surface area contributed by atoms with Crippen molar-refractivity contribution >= 4 is 33.0 Å². The van der Waals surface area contributed by atoms with Gasteiger partial charge >= 0.3 is 0 Å². The smallest absolute Gasteiger partial charge is 0.206 e. The zero-order valence-electron chi connectivity index (χ0n) is 14.0. The Hall–Kier alpha value is -2.18. The van der Waals surface area contributed by atoms with Gasteiger partial charge in [-0.2, -0.15) is 5.10 Å². The first-order valence-corrected chi connectivity index (χ1v) is 9.57. The minimum Gasteiger partial charge on any atom is -0.508 e.